The lowest BCUT2D eigenvalue weighted by Crippen LogP contribution is -2.29. The van der Waals surface area contributed by atoms with E-state index in [1.165, 1.54) is 23.3 Å². The van der Waals surface area contributed by atoms with Crippen LogP contribution in [0.4, 0.5) is 0 Å². The molecular formula is C24H30N2O3S. The number of aliphatic imine (C=N–C) groups is 1. The van der Waals surface area contributed by atoms with Crippen molar-refractivity contribution >= 4 is 39.3 Å². The first-order chi connectivity index (χ1) is 14.2. The zero-order chi connectivity index (χ0) is 21.6. The molecule has 2 unspecified atom stereocenters. The summed E-state index contributed by atoms with van der Waals surface area (Å²) in [5.41, 5.74) is 4.37. The third kappa shape index (κ3) is 3.95. The molecule has 0 saturated carbocycles. The summed E-state index contributed by atoms with van der Waals surface area (Å²) in [6, 6.07) is 0.169. The Morgan fingerprint density at radius 1 is 1.30 bits per heavy atom. The Kier molecular flexibility index (Phi) is 5.58. The summed E-state index contributed by atoms with van der Waals surface area (Å²) in [5, 5.41) is 11.3. The molecule has 0 radical (unpaired) electrons. The lowest BCUT2D eigenvalue weighted by molar-refractivity contribution is -0.160. The minimum atomic E-state index is -1.06. The highest BCUT2D eigenvalue weighted by molar-refractivity contribution is 7.18. The molecule has 5 nitrogen and oxygen atoms in total. The second-order valence-electron chi connectivity index (χ2n) is 9.37. The number of dihydropyridines is 1. The SMILES string of the molecule is Cc1nc2sc3c(c2c(C2=CC=NC(C)C2)c1C(OC(C)(C)C)C(=O)O)CCCC3. The number of fused-ring (bicyclic) bond motifs is 3. The summed E-state index contributed by atoms with van der Waals surface area (Å²) in [4.78, 5) is 24.2. The fourth-order valence-electron chi connectivity index (χ4n) is 4.56. The van der Waals surface area contributed by atoms with Crippen LogP contribution in [0, 0.1) is 6.92 Å². The van der Waals surface area contributed by atoms with E-state index in [0.717, 1.165) is 46.3 Å². The van der Waals surface area contributed by atoms with Gasteiger partial charge in [0.1, 0.15) is 4.83 Å². The molecular weight excluding hydrogens is 396 g/mol. The molecule has 0 fully saturated rings. The van der Waals surface area contributed by atoms with Crippen molar-refractivity contribution in [3.05, 3.63) is 33.3 Å². The molecule has 0 spiro atoms. The summed E-state index contributed by atoms with van der Waals surface area (Å²) < 4.78 is 6.10. The number of carbonyl (C=O) groups is 1. The third-order valence-electron chi connectivity index (χ3n) is 5.74. The van der Waals surface area contributed by atoms with Crippen molar-refractivity contribution in [3.63, 3.8) is 0 Å². The van der Waals surface area contributed by atoms with Crippen LogP contribution in [0.2, 0.25) is 0 Å². The number of aromatic nitrogens is 1. The minimum Gasteiger partial charge on any atom is -0.479 e. The first-order valence-electron chi connectivity index (χ1n) is 10.7. The van der Waals surface area contributed by atoms with Gasteiger partial charge in [-0.1, -0.05) is 0 Å². The molecule has 2 aliphatic rings. The quantitative estimate of drug-likeness (QED) is 0.684. The number of rotatable bonds is 4. The van der Waals surface area contributed by atoms with Crippen LogP contribution in [-0.2, 0) is 22.4 Å². The molecule has 1 aliphatic heterocycles. The van der Waals surface area contributed by atoms with Crippen LogP contribution in [0.3, 0.4) is 0 Å². The molecule has 2 aromatic heterocycles. The van der Waals surface area contributed by atoms with Gasteiger partial charge in [-0.15, -0.1) is 11.3 Å². The van der Waals surface area contributed by atoms with Crippen molar-refractivity contribution in [2.45, 2.75) is 84.5 Å². The summed E-state index contributed by atoms with van der Waals surface area (Å²) >= 11 is 1.77. The predicted octanol–water partition coefficient (Wildman–Crippen LogP) is 5.67. The van der Waals surface area contributed by atoms with Crippen LogP contribution in [0.15, 0.2) is 11.1 Å². The van der Waals surface area contributed by atoms with Crippen molar-refractivity contribution < 1.29 is 14.6 Å². The Balaban J connectivity index is 2.05. The van der Waals surface area contributed by atoms with E-state index in [1.807, 2.05) is 40.0 Å². The Morgan fingerprint density at radius 2 is 2.03 bits per heavy atom. The van der Waals surface area contributed by atoms with E-state index in [0.29, 0.717) is 5.56 Å². The Bertz CT molecular complexity index is 1060. The molecule has 1 aliphatic carbocycles. The number of nitrogens with zero attached hydrogens (tertiary/aromatic N) is 2. The average Bonchev–Trinajstić information content (AvgIpc) is 3.02. The number of carboxylic acids is 1. The van der Waals surface area contributed by atoms with Gasteiger partial charge >= 0.3 is 5.97 Å². The second-order valence-corrected chi connectivity index (χ2v) is 10.5. The van der Waals surface area contributed by atoms with Crippen LogP contribution in [-0.4, -0.2) is 33.9 Å². The van der Waals surface area contributed by atoms with E-state index >= 15 is 0 Å². The van der Waals surface area contributed by atoms with E-state index in [4.69, 9.17) is 9.72 Å². The fourth-order valence-corrected chi connectivity index (χ4v) is 5.88. The third-order valence-corrected chi connectivity index (χ3v) is 6.93. The standard InChI is InChI=1S/C24H30N2O3S/c1-13-12-15(10-11-25-13)19-18(21(23(27)28)29-24(3,4)5)14(2)26-22-20(19)16-8-6-7-9-17(16)30-22/h10-11,13,21H,6-9,12H2,1-5H3,(H,27,28). The summed E-state index contributed by atoms with van der Waals surface area (Å²) in [6.45, 7) is 9.69. The van der Waals surface area contributed by atoms with Gasteiger partial charge in [0.15, 0.2) is 6.10 Å². The van der Waals surface area contributed by atoms with E-state index < -0.39 is 17.7 Å². The zero-order valence-corrected chi connectivity index (χ0v) is 19.2. The van der Waals surface area contributed by atoms with Gasteiger partial charge in [0.05, 0.1) is 11.6 Å². The van der Waals surface area contributed by atoms with Crippen LogP contribution in [0.1, 0.15) is 80.3 Å². The summed E-state index contributed by atoms with van der Waals surface area (Å²) in [7, 11) is 0. The first kappa shape index (κ1) is 21.2. The molecule has 3 heterocycles. The van der Waals surface area contributed by atoms with Crippen molar-refractivity contribution in [1.82, 2.24) is 4.98 Å². The highest BCUT2D eigenvalue weighted by Gasteiger charge is 2.34. The predicted molar refractivity (Wildman–Crippen MR) is 123 cm³/mol. The van der Waals surface area contributed by atoms with Crippen molar-refractivity contribution in [2.24, 2.45) is 4.99 Å². The van der Waals surface area contributed by atoms with Gasteiger partial charge in [-0.3, -0.25) is 4.99 Å². The largest absolute Gasteiger partial charge is 0.479 e. The van der Waals surface area contributed by atoms with E-state index in [2.05, 4.69) is 11.9 Å². The number of thiophene rings is 1. The lowest BCUT2D eigenvalue weighted by atomic mass is 9.85. The maximum absolute atomic E-state index is 12.4. The van der Waals surface area contributed by atoms with Crippen LogP contribution in [0.5, 0.6) is 0 Å². The number of pyridine rings is 1. The molecule has 30 heavy (non-hydrogen) atoms. The van der Waals surface area contributed by atoms with E-state index in [-0.39, 0.29) is 6.04 Å². The van der Waals surface area contributed by atoms with Crippen LogP contribution < -0.4 is 0 Å². The van der Waals surface area contributed by atoms with Crippen LogP contribution >= 0.6 is 11.3 Å². The van der Waals surface area contributed by atoms with Crippen molar-refractivity contribution in [3.8, 4) is 0 Å². The van der Waals surface area contributed by atoms with Gasteiger partial charge in [-0.05, 0) is 89.5 Å². The number of hydrogen-bond donors (Lipinski definition) is 1. The molecule has 0 saturated heterocycles. The lowest BCUT2D eigenvalue weighted by Gasteiger charge is -2.29. The van der Waals surface area contributed by atoms with Crippen molar-refractivity contribution in [1.29, 1.82) is 0 Å². The van der Waals surface area contributed by atoms with Gasteiger partial charge in [-0.25, -0.2) is 9.78 Å². The fraction of sp³-hybridized carbons (Fsp3) is 0.542. The molecule has 0 amide bonds. The summed E-state index contributed by atoms with van der Waals surface area (Å²) in [6.07, 6.45) is 8.11. The molecule has 0 aromatic carbocycles. The average molecular weight is 427 g/mol. The number of allylic oxidation sites excluding steroid dienone is 1. The number of hydrogen-bond acceptors (Lipinski definition) is 5. The van der Waals surface area contributed by atoms with Gasteiger partial charge in [-0.2, -0.15) is 0 Å². The molecule has 1 N–H and O–H groups in total. The van der Waals surface area contributed by atoms with Gasteiger partial charge in [0.2, 0.25) is 0 Å². The Hall–Kier alpha value is -2.05. The smallest absolute Gasteiger partial charge is 0.337 e. The first-order valence-corrected chi connectivity index (χ1v) is 11.6. The van der Waals surface area contributed by atoms with Crippen LogP contribution in [0.25, 0.3) is 15.8 Å². The van der Waals surface area contributed by atoms with E-state index in [9.17, 15) is 9.90 Å². The molecule has 4 rings (SSSR count). The monoisotopic (exact) mass is 426 g/mol. The maximum atomic E-state index is 12.4. The topological polar surface area (TPSA) is 71.8 Å². The van der Waals surface area contributed by atoms with Gasteiger partial charge < -0.3 is 9.84 Å². The normalized spacial score (nSPS) is 20.2. The highest BCUT2D eigenvalue weighted by atomic mass is 32.1. The van der Waals surface area contributed by atoms with Gasteiger partial charge in [0, 0.05) is 27.7 Å². The van der Waals surface area contributed by atoms with Gasteiger partial charge in [0.25, 0.3) is 0 Å². The molecule has 2 aromatic rings. The minimum absolute atomic E-state index is 0.169. The van der Waals surface area contributed by atoms with Crippen molar-refractivity contribution in [2.75, 3.05) is 0 Å². The Morgan fingerprint density at radius 3 is 2.70 bits per heavy atom. The number of carboxylic acid groups (broad SMARTS) is 1. The maximum Gasteiger partial charge on any atom is 0.337 e. The Labute approximate surface area is 181 Å². The molecule has 0 bridgehead atoms. The number of aryl methyl sites for hydroxylation is 3. The summed E-state index contributed by atoms with van der Waals surface area (Å²) in [5.74, 6) is -0.974. The zero-order valence-electron chi connectivity index (χ0n) is 18.4. The molecule has 2 atom stereocenters. The molecule has 6 heteroatoms. The highest BCUT2D eigenvalue weighted by Crippen LogP contribution is 2.45. The number of ether oxygens (including phenoxy) is 1. The second kappa shape index (κ2) is 7.89. The molecule has 160 valence electrons. The van der Waals surface area contributed by atoms with E-state index in [1.54, 1.807) is 11.3 Å². The number of aliphatic carboxylic acids is 1.